The van der Waals surface area contributed by atoms with Gasteiger partial charge in [0.25, 0.3) is 0 Å². The zero-order valence-corrected chi connectivity index (χ0v) is 12.8. The van der Waals surface area contributed by atoms with E-state index in [4.69, 9.17) is 5.11 Å². The predicted molar refractivity (Wildman–Crippen MR) is 81.6 cm³/mol. The van der Waals surface area contributed by atoms with E-state index < -0.39 is 0 Å². The van der Waals surface area contributed by atoms with Gasteiger partial charge in [-0.1, -0.05) is 26.0 Å². The molecule has 0 aliphatic heterocycles. The first kappa shape index (κ1) is 17.4. The molecule has 5 heteroatoms. The average Bonchev–Trinajstić information content (AvgIpc) is 2.42. The number of carbonyl (C=O) groups excluding carboxylic acids is 1. The summed E-state index contributed by atoms with van der Waals surface area (Å²) in [6.45, 7) is 5.16. The standard InChI is InChI=1S/C16H25FN2O2/c1-16(2,8-10-20)12-19-15(21)18-9-4-6-13-5-3-7-14(17)11-13/h3,5,7,11,20H,4,6,8-10,12H2,1-2H3,(H2,18,19,21). The molecule has 0 saturated heterocycles. The number of urea groups is 1. The van der Waals surface area contributed by atoms with Crippen LogP contribution in [-0.4, -0.2) is 30.8 Å². The minimum atomic E-state index is -0.232. The van der Waals surface area contributed by atoms with Gasteiger partial charge in [0.2, 0.25) is 0 Å². The number of carbonyl (C=O) groups is 1. The summed E-state index contributed by atoms with van der Waals surface area (Å²) >= 11 is 0. The van der Waals surface area contributed by atoms with Crippen molar-refractivity contribution in [1.29, 1.82) is 0 Å². The van der Waals surface area contributed by atoms with Gasteiger partial charge in [-0.15, -0.1) is 0 Å². The molecule has 0 aromatic heterocycles. The third-order valence-electron chi connectivity index (χ3n) is 3.33. The van der Waals surface area contributed by atoms with Gasteiger partial charge in [0.05, 0.1) is 0 Å². The molecule has 1 aromatic rings. The maximum Gasteiger partial charge on any atom is 0.314 e. The second-order valence-electron chi connectivity index (χ2n) is 5.98. The van der Waals surface area contributed by atoms with Crippen LogP contribution in [0.4, 0.5) is 9.18 Å². The zero-order valence-electron chi connectivity index (χ0n) is 12.8. The van der Waals surface area contributed by atoms with Crippen molar-refractivity contribution < 1.29 is 14.3 Å². The van der Waals surface area contributed by atoms with E-state index in [1.807, 2.05) is 19.9 Å². The van der Waals surface area contributed by atoms with Crippen molar-refractivity contribution in [3.05, 3.63) is 35.6 Å². The first-order chi connectivity index (χ1) is 9.93. The van der Waals surface area contributed by atoms with Crippen LogP contribution in [-0.2, 0) is 6.42 Å². The number of aliphatic hydroxyl groups is 1. The number of amides is 2. The fourth-order valence-electron chi connectivity index (χ4n) is 1.96. The summed E-state index contributed by atoms with van der Waals surface area (Å²) in [5, 5.41) is 14.5. The van der Waals surface area contributed by atoms with E-state index >= 15 is 0 Å². The summed E-state index contributed by atoms with van der Waals surface area (Å²) < 4.78 is 13.0. The molecule has 0 atom stereocenters. The topological polar surface area (TPSA) is 61.4 Å². The van der Waals surface area contributed by atoms with E-state index in [0.29, 0.717) is 19.5 Å². The normalized spacial score (nSPS) is 11.2. The van der Waals surface area contributed by atoms with Gasteiger partial charge in [0, 0.05) is 19.7 Å². The molecule has 2 amide bonds. The Morgan fingerprint density at radius 3 is 2.76 bits per heavy atom. The Labute approximate surface area is 125 Å². The van der Waals surface area contributed by atoms with Gasteiger partial charge in [-0.05, 0) is 42.4 Å². The maximum absolute atomic E-state index is 13.0. The molecule has 21 heavy (non-hydrogen) atoms. The lowest BCUT2D eigenvalue weighted by Crippen LogP contribution is -2.41. The predicted octanol–water partition coefficient (Wildman–Crippen LogP) is 2.47. The Balaban J connectivity index is 2.16. The van der Waals surface area contributed by atoms with Crippen LogP contribution in [0.5, 0.6) is 0 Å². The van der Waals surface area contributed by atoms with E-state index in [2.05, 4.69) is 10.6 Å². The number of aryl methyl sites for hydroxylation is 1. The van der Waals surface area contributed by atoms with E-state index in [1.165, 1.54) is 12.1 Å². The Morgan fingerprint density at radius 2 is 2.10 bits per heavy atom. The molecule has 1 rings (SSSR count). The highest BCUT2D eigenvalue weighted by atomic mass is 19.1. The number of aliphatic hydroxyl groups excluding tert-OH is 1. The van der Waals surface area contributed by atoms with Gasteiger partial charge >= 0.3 is 6.03 Å². The minimum Gasteiger partial charge on any atom is -0.396 e. The highest BCUT2D eigenvalue weighted by molar-refractivity contribution is 5.73. The molecule has 0 radical (unpaired) electrons. The van der Waals surface area contributed by atoms with Crippen molar-refractivity contribution in [2.75, 3.05) is 19.7 Å². The molecule has 0 unspecified atom stereocenters. The molecule has 0 spiro atoms. The lowest BCUT2D eigenvalue weighted by molar-refractivity contribution is 0.201. The van der Waals surface area contributed by atoms with Crippen LogP contribution < -0.4 is 10.6 Å². The van der Waals surface area contributed by atoms with Crippen LogP contribution in [0.15, 0.2) is 24.3 Å². The van der Waals surface area contributed by atoms with E-state index in [1.54, 1.807) is 6.07 Å². The molecule has 118 valence electrons. The number of hydrogen-bond donors (Lipinski definition) is 3. The highest BCUT2D eigenvalue weighted by Crippen LogP contribution is 2.17. The van der Waals surface area contributed by atoms with Crippen LogP contribution in [0.2, 0.25) is 0 Å². The van der Waals surface area contributed by atoms with Gasteiger partial charge in [0.1, 0.15) is 5.82 Å². The smallest absolute Gasteiger partial charge is 0.314 e. The van der Waals surface area contributed by atoms with Crippen LogP contribution in [0.1, 0.15) is 32.3 Å². The number of benzene rings is 1. The molecule has 0 fully saturated rings. The third kappa shape index (κ3) is 7.66. The van der Waals surface area contributed by atoms with Crippen LogP contribution in [0.25, 0.3) is 0 Å². The van der Waals surface area contributed by atoms with Gasteiger partial charge in [-0.2, -0.15) is 0 Å². The first-order valence-electron chi connectivity index (χ1n) is 7.30. The lowest BCUT2D eigenvalue weighted by atomic mass is 9.90. The molecule has 0 heterocycles. The third-order valence-corrected chi connectivity index (χ3v) is 3.33. The molecule has 0 saturated carbocycles. The average molecular weight is 296 g/mol. The summed E-state index contributed by atoms with van der Waals surface area (Å²) in [5.41, 5.74) is 0.814. The van der Waals surface area contributed by atoms with Gasteiger partial charge in [0.15, 0.2) is 0 Å². The van der Waals surface area contributed by atoms with E-state index in [-0.39, 0.29) is 23.9 Å². The molecule has 0 bridgehead atoms. The molecular formula is C16H25FN2O2. The second kappa shape index (κ2) is 8.62. The summed E-state index contributed by atoms with van der Waals surface area (Å²) in [6.07, 6.45) is 2.14. The fraction of sp³-hybridized carbons (Fsp3) is 0.562. The molecule has 0 aliphatic carbocycles. The summed E-state index contributed by atoms with van der Waals surface area (Å²) in [5.74, 6) is -0.232. The summed E-state index contributed by atoms with van der Waals surface area (Å²) in [4.78, 5) is 11.6. The van der Waals surface area contributed by atoms with Gasteiger partial charge < -0.3 is 15.7 Å². The second-order valence-corrected chi connectivity index (χ2v) is 5.98. The number of nitrogens with one attached hydrogen (secondary N) is 2. The molecular weight excluding hydrogens is 271 g/mol. The SMILES string of the molecule is CC(C)(CCO)CNC(=O)NCCCc1cccc(F)c1. The largest absolute Gasteiger partial charge is 0.396 e. The maximum atomic E-state index is 13.0. The van der Waals surface area contributed by atoms with Gasteiger partial charge in [-0.3, -0.25) is 0 Å². The first-order valence-corrected chi connectivity index (χ1v) is 7.30. The van der Waals surface area contributed by atoms with Crippen molar-refractivity contribution >= 4 is 6.03 Å². The molecule has 0 aliphatic rings. The van der Waals surface area contributed by atoms with Crippen LogP contribution in [0, 0.1) is 11.2 Å². The summed E-state index contributed by atoms with van der Waals surface area (Å²) in [7, 11) is 0. The van der Waals surface area contributed by atoms with Crippen molar-refractivity contribution in [3.63, 3.8) is 0 Å². The Kier molecular flexibility index (Phi) is 7.15. The van der Waals surface area contributed by atoms with Crippen LogP contribution >= 0.6 is 0 Å². The van der Waals surface area contributed by atoms with Crippen molar-refractivity contribution in [3.8, 4) is 0 Å². The molecule has 1 aromatic carbocycles. The number of rotatable bonds is 8. The molecule has 4 nitrogen and oxygen atoms in total. The Hall–Kier alpha value is -1.62. The highest BCUT2D eigenvalue weighted by Gasteiger charge is 2.17. The van der Waals surface area contributed by atoms with Crippen molar-refractivity contribution in [1.82, 2.24) is 10.6 Å². The van der Waals surface area contributed by atoms with E-state index in [0.717, 1.165) is 18.4 Å². The van der Waals surface area contributed by atoms with Crippen molar-refractivity contribution in [2.45, 2.75) is 33.1 Å². The minimum absolute atomic E-state index is 0.115. The number of hydrogen-bond acceptors (Lipinski definition) is 2. The monoisotopic (exact) mass is 296 g/mol. The van der Waals surface area contributed by atoms with Crippen LogP contribution in [0.3, 0.4) is 0 Å². The lowest BCUT2D eigenvalue weighted by Gasteiger charge is -2.23. The Bertz CT molecular complexity index is 450. The van der Waals surface area contributed by atoms with E-state index in [9.17, 15) is 9.18 Å². The zero-order chi connectivity index (χ0) is 15.7. The van der Waals surface area contributed by atoms with Crippen molar-refractivity contribution in [2.24, 2.45) is 5.41 Å². The quantitative estimate of drug-likeness (QED) is 0.645. The summed E-state index contributed by atoms with van der Waals surface area (Å²) in [6, 6.07) is 6.29. The van der Waals surface area contributed by atoms with Gasteiger partial charge in [-0.25, -0.2) is 9.18 Å². The fourth-order valence-corrected chi connectivity index (χ4v) is 1.96. The Morgan fingerprint density at radius 1 is 1.33 bits per heavy atom. The number of halogens is 1. The molecule has 3 N–H and O–H groups in total.